The summed E-state index contributed by atoms with van der Waals surface area (Å²) in [7, 11) is 2.17. The number of hydrogen-bond donors (Lipinski definition) is 1. The van der Waals surface area contributed by atoms with Crippen molar-refractivity contribution >= 4 is 0 Å². The SMILES string of the molecule is CN(CCN1CCC(N)CC1)Cc1cccnc1. The zero-order chi connectivity index (χ0) is 12.8. The Morgan fingerprint density at radius 3 is 2.89 bits per heavy atom. The number of pyridine rings is 1. The average Bonchev–Trinajstić information content (AvgIpc) is 2.39. The van der Waals surface area contributed by atoms with Gasteiger partial charge in [-0.15, -0.1) is 0 Å². The first-order valence-corrected chi connectivity index (χ1v) is 6.79. The smallest absolute Gasteiger partial charge is 0.0312 e. The fraction of sp³-hybridized carbons (Fsp3) is 0.643. The molecule has 18 heavy (non-hydrogen) atoms. The lowest BCUT2D eigenvalue weighted by Crippen LogP contribution is -2.42. The van der Waals surface area contributed by atoms with Crippen LogP contribution in [0.25, 0.3) is 0 Å². The first-order valence-electron chi connectivity index (χ1n) is 6.79. The second-order valence-corrected chi connectivity index (χ2v) is 5.28. The Balaban J connectivity index is 1.67. The van der Waals surface area contributed by atoms with Crippen LogP contribution in [-0.4, -0.2) is 54.1 Å². The van der Waals surface area contributed by atoms with Crippen molar-refractivity contribution in [3.63, 3.8) is 0 Å². The summed E-state index contributed by atoms with van der Waals surface area (Å²) >= 11 is 0. The number of likely N-dealkylation sites (tertiary alicyclic amines) is 1. The van der Waals surface area contributed by atoms with Crippen molar-refractivity contribution in [2.75, 3.05) is 33.2 Å². The van der Waals surface area contributed by atoms with Gasteiger partial charge in [-0.3, -0.25) is 4.98 Å². The van der Waals surface area contributed by atoms with Crippen LogP contribution in [0.1, 0.15) is 18.4 Å². The molecule has 0 saturated carbocycles. The van der Waals surface area contributed by atoms with Crippen molar-refractivity contribution in [2.24, 2.45) is 5.73 Å². The monoisotopic (exact) mass is 248 g/mol. The molecule has 100 valence electrons. The summed E-state index contributed by atoms with van der Waals surface area (Å²) in [6.07, 6.45) is 6.05. The molecular weight excluding hydrogens is 224 g/mol. The third-order valence-electron chi connectivity index (χ3n) is 3.61. The Bertz CT molecular complexity index is 333. The van der Waals surface area contributed by atoms with Crippen molar-refractivity contribution in [1.29, 1.82) is 0 Å². The normalized spacial score (nSPS) is 18.4. The fourth-order valence-corrected chi connectivity index (χ4v) is 2.37. The topological polar surface area (TPSA) is 45.4 Å². The summed E-state index contributed by atoms with van der Waals surface area (Å²) in [5.74, 6) is 0. The molecule has 0 bridgehead atoms. The molecule has 0 aliphatic carbocycles. The van der Waals surface area contributed by atoms with E-state index in [9.17, 15) is 0 Å². The lowest BCUT2D eigenvalue weighted by Gasteiger charge is -2.31. The Labute approximate surface area is 110 Å². The van der Waals surface area contributed by atoms with E-state index in [0.29, 0.717) is 6.04 Å². The van der Waals surface area contributed by atoms with Crippen molar-refractivity contribution in [3.8, 4) is 0 Å². The van der Waals surface area contributed by atoms with Gasteiger partial charge < -0.3 is 15.5 Å². The molecule has 2 rings (SSSR count). The van der Waals surface area contributed by atoms with Crippen molar-refractivity contribution < 1.29 is 0 Å². The fourth-order valence-electron chi connectivity index (χ4n) is 2.37. The molecule has 0 spiro atoms. The van der Waals surface area contributed by atoms with E-state index < -0.39 is 0 Å². The van der Waals surface area contributed by atoms with Crippen LogP contribution in [0, 0.1) is 0 Å². The number of hydrogen-bond acceptors (Lipinski definition) is 4. The van der Waals surface area contributed by atoms with Gasteiger partial charge in [-0.25, -0.2) is 0 Å². The minimum atomic E-state index is 0.425. The van der Waals surface area contributed by atoms with E-state index in [1.807, 2.05) is 18.5 Å². The minimum absolute atomic E-state index is 0.425. The average molecular weight is 248 g/mol. The van der Waals surface area contributed by atoms with Crippen molar-refractivity contribution in [3.05, 3.63) is 30.1 Å². The van der Waals surface area contributed by atoms with Gasteiger partial charge in [0.1, 0.15) is 0 Å². The number of rotatable bonds is 5. The summed E-state index contributed by atoms with van der Waals surface area (Å²) < 4.78 is 0. The zero-order valence-corrected chi connectivity index (χ0v) is 11.3. The molecule has 1 aromatic rings. The molecule has 2 N–H and O–H groups in total. The molecule has 0 unspecified atom stereocenters. The van der Waals surface area contributed by atoms with Crippen LogP contribution in [0.3, 0.4) is 0 Å². The quantitative estimate of drug-likeness (QED) is 0.842. The highest BCUT2D eigenvalue weighted by Crippen LogP contribution is 2.08. The van der Waals surface area contributed by atoms with E-state index in [0.717, 1.165) is 45.6 Å². The molecule has 1 fully saturated rings. The van der Waals surface area contributed by atoms with Gasteiger partial charge in [0.05, 0.1) is 0 Å². The maximum atomic E-state index is 5.91. The van der Waals surface area contributed by atoms with E-state index >= 15 is 0 Å². The lowest BCUT2D eigenvalue weighted by atomic mass is 10.1. The molecule has 4 heteroatoms. The highest BCUT2D eigenvalue weighted by molar-refractivity contribution is 5.07. The van der Waals surface area contributed by atoms with Gasteiger partial charge >= 0.3 is 0 Å². The van der Waals surface area contributed by atoms with E-state index in [4.69, 9.17) is 5.73 Å². The first kappa shape index (κ1) is 13.5. The summed E-state index contributed by atoms with van der Waals surface area (Å²) in [4.78, 5) is 9.01. The molecule has 0 aromatic carbocycles. The van der Waals surface area contributed by atoms with Gasteiger partial charge in [-0.1, -0.05) is 6.07 Å². The van der Waals surface area contributed by atoms with E-state index in [2.05, 4.69) is 27.9 Å². The molecule has 0 atom stereocenters. The molecule has 1 aliphatic heterocycles. The number of piperidine rings is 1. The van der Waals surface area contributed by atoms with Gasteiger partial charge in [-0.2, -0.15) is 0 Å². The summed E-state index contributed by atoms with van der Waals surface area (Å²) in [6.45, 7) is 5.53. The van der Waals surface area contributed by atoms with Gasteiger partial charge in [0.2, 0.25) is 0 Å². The molecule has 1 aromatic heterocycles. The van der Waals surface area contributed by atoms with Gasteiger partial charge in [-0.05, 0) is 44.6 Å². The number of nitrogens with zero attached hydrogens (tertiary/aromatic N) is 3. The second kappa shape index (κ2) is 6.83. The van der Waals surface area contributed by atoms with Gasteiger partial charge in [0, 0.05) is 38.1 Å². The van der Waals surface area contributed by atoms with E-state index in [1.54, 1.807) is 0 Å². The van der Waals surface area contributed by atoms with Gasteiger partial charge in [0.25, 0.3) is 0 Å². The summed E-state index contributed by atoms with van der Waals surface area (Å²) in [6, 6.07) is 4.55. The highest BCUT2D eigenvalue weighted by Gasteiger charge is 2.15. The molecule has 0 amide bonds. The zero-order valence-electron chi connectivity index (χ0n) is 11.3. The molecule has 1 aliphatic rings. The van der Waals surface area contributed by atoms with E-state index in [-0.39, 0.29) is 0 Å². The summed E-state index contributed by atoms with van der Waals surface area (Å²) in [5, 5.41) is 0. The maximum Gasteiger partial charge on any atom is 0.0312 e. The first-order chi connectivity index (χ1) is 8.74. The Kier molecular flexibility index (Phi) is 5.11. The third kappa shape index (κ3) is 4.37. The lowest BCUT2D eigenvalue weighted by molar-refractivity contribution is 0.183. The van der Waals surface area contributed by atoms with Crippen LogP contribution in [0.5, 0.6) is 0 Å². The van der Waals surface area contributed by atoms with Crippen molar-refractivity contribution in [2.45, 2.75) is 25.4 Å². The second-order valence-electron chi connectivity index (χ2n) is 5.28. The molecule has 0 radical (unpaired) electrons. The minimum Gasteiger partial charge on any atom is -0.328 e. The van der Waals surface area contributed by atoms with Crippen LogP contribution in [0.4, 0.5) is 0 Å². The molecule has 2 heterocycles. The Morgan fingerprint density at radius 2 is 2.22 bits per heavy atom. The standard InChI is InChI=1S/C14H24N4/c1-17(12-13-3-2-6-16-11-13)9-10-18-7-4-14(15)5-8-18/h2-3,6,11,14H,4-5,7-10,12,15H2,1H3. The predicted octanol–water partition coefficient (Wildman–Crippen LogP) is 0.937. The van der Waals surface area contributed by atoms with Crippen LogP contribution in [-0.2, 0) is 6.54 Å². The van der Waals surface area contributed by atoms with Crippen molar-refractivity contribution in [1.82, 2.24) is 14.8 Å². The highest BCUT2D eigenvalue weighted by atomic mass is 15.2. The molecular formula is C14H24N4. The largest absolute Gasteiger partial charge is 0.328 e. The number of nitrogens with two attached hydrogens (primary N) is 1. The Hall–Kier alpha value is -0.970. The van der Waals surface area contributed by atoms with Crippen LogP contribution in [0.2, 0.25) is 0 Å². The molecule has 4 nitrogen and oxygen atoms in total. The third-order valence-corrected chi connectivity index (χ3v) is 3.61. The van der Waals surface area contributed by atoms with Crippen LogP contribution < -0.4 is 5.73 Å². The summed E-state index contributed by atoms with van der Waals surface area (Å²) in [5.41, 5.74) is 7.19. The molecule has 1 saturated heterocycles. The van der Waals surface area contributed by atoms with Crippen LogP contribution in [0.15, 0.2) is 24.5 Å². The maximum absolute atomic E-state index is 5.91. The van der Waals surface area contributed by atoms with Crippen LogP contribution >= 0.6 is 0 Å². The number of aromatic nitrogens is 1. The Morgan fingerprint density at radius 1 is 1.44 bits per heavy atom. The number of likely N-dealkylation sites (N-methyl/N-ethyl adjacent to an activating group) is 1. The van der Waals surface area contributed by atoms with E-state index in [1.165, 1.54) is 5.56 Å². The van der Waals surface area contributed by atoms with Gasteiger partial charge in [0.15, 0.2) is 0 Å². The predicted molar refractivity (Wildman–Crippen MR) is 74.2 cm³/mol.